The summed E-state index contributed by atoms with van der Waals surface area (Å²) >= 11 is 1.89. The average molecular weight is 740 g/mol. The SMILES string of the molecule is CC(C)(C)c1ccc(N2c3cc(N(c4ccccc4)c4ccccc4)cc4c3B(c3c(ccc5occc35)N4c3ccccc3)c3c2sc2ccccc32)cc1. The molecule has 0 amide bonds. The first-order chi connectivity index (χ1) is 27.4. The zero-order chi connectivity index (χ0) is 37.5. The Bertz CT molecular complexity index is 2870. The van der Waals surface area contributed by atoms with Gasteiger partial charge in [0.05, 0.1) is 17.0 Å². The van der Waals surface area contributed by atoms with Crippen LogP contribution in [0.5, 0.6) is 0 Å². The fraction of sp³-hybridized carbons (Fsp3) is 0.0800. The Morgan fingerprint density at radius 3 is 1.80 bits per heavy atom. The number of hydrogen-bond acceptors (Lipinski definition) is 5. The van der Waals surface area contributed by atoms with Gasteiger partial charge < -0.3 is 19.1 Å². The van der Waals surface area contributed by atoms with Gasteiger partial charge in [0.25, 0.3) is 6.71 Å². The minimum absolute atomic E-state index is 0.0368. The Balaban J connectivity index is 1.29. The number of fused-ring (bicyclic) bond motifs is 8. The molecule has 0 fully saturated rings. The maximum Gasteiger partial charge on any atom is 0.255 e. The molecule has 0 saturated carbocycles. The number of furan rings is 1. The van der Waals surface area contributed by atoms with E-state index in [1.165, 1.54) is 48.4 Å². The standard InChI is InChI=1S/C50H38BN3OS/c1-50(2,3)33-23-25-37(26-24-33)54-43-32-38(52(34-15-7-4-8-16-34)35-17-9-5-10-18-35)31-42-48(43)51(47-40-21-13-14-22-45(40)56-49(47)54)46-39-29-30-55-44(39)28-27-41(46)53(42)36-19-11-6-12-20-36/h4-32H,1-3H3. The van der Waals surface area contributed by atoms with Crippen LogP contribution in [0.3, 0.4) is 0 Å². The summed E-state index contributed by atoms with van der Waals surface area (Å²) in [6, 6.07) is 61.9. The molecule has 2 aliphatic heterocycles. The molecule has 0 aliphatic carbocycles. The molecule has 4 heterocycles. The van der Waals surface area contributed by atoms with Gasteiger partial charge >= 0.3 is 0 Å². The van der Waals surface area contributed by atoms with Crippen molar-refractivity contribution in [3.63, 3.8) is 0 Å². The van der Waals surface area contributed by atoms with Gasteiger partial charge in [0.1, 0.15) is 5.58 Å². The van der Waals surface area contributed by atoms with Gasteiger partial charge in [0.2, 0.25) is 0 Å². The number of para-hydroxylation sites is 3. The molecule has 0 spiro atoms. The molecule has 56 heavy (non-hydrogen) atoms. The summed E-state index contributed by atoms with van der Waals surface area (Å²) in [5, 5.41) is 3.69. The third kappa shape index (κ3) is 4.99. The van der Waals surface area contributed by atoms with Crippen molar-refractivity contribution in [2.75, 3.05) is 14.7 Å². The van der Waals surface area contributed by atoms with E-state index in [2.05, 4.69) is 205 Å². The average Bonchev–Trinajstić information content (AvgIpc) is 3.87. The first kappa shape index (κ1) is 32.9. The normalized spacial score (nSPS) is 13.2. The minimum Gasteiger partial charge on any atom is -0.464 e. The second-order valence-electron chi connectivity index (χ2n) is 15.8. The van der Waals surface area contributed by atoms with Crippen LogP contribution in [0.4, 0.5) is 50.5 Å². The van der Waals surface area contributed by atoms with Gasteiger partial charge in [0.15, 0.2) is 0 Å². The van der Waals surface area contributed by atoms with Gasteiger partial charge in [-0.3, -0.25) is 0 Å². The summed E-state index contributed by atoms with van der Waals surface area (Å²) < 4.78 is 7.44. The number of anilines is 9. The highest BCUT2D eigenvalue weighted by molar-refractivity contribution is 7.26. The van der Waals surface area contributed by atoms with Crippen LogP contribution >= 0.6 is 11.3 Å². The van der Waals surface area contributed by atoms with E-state index in [-0.39, 0.29) is 12.1 Å². The topological polar surface area (TPSA) is 22.9 Å². The highest BCUT2D eigenvalue weighted by Crippen LogP contribution is 2.51. The largest absolute Gasteiger partial charge is 0.464 e. The van der Waals surface area contributed by atoms with E-state index in [1.54, 1.807) is 0 Å². The zero-order valence-electron chi connectivity index (χ0n) is 31.5. The van der Waals surface area contributed by atoms with Crippen LogP contribution in [0.2, 0.25) is 0 Å². The highest BCUT2D eigenvalue weighted by Gasteiger charge is 2.46. The first-order valence-electron chi connectivity index (χ1n) is 19.3. The molecule has 7 aromatic carbocycles. The highest BCUT2D eigenvalue weighted by atomic mass is 32.1. The van der Waals surface area contributed by atoms with Crippen molar-refractivity contribution in [3.05, 3.63) is 182 Å². The van der Waals surface area contributed by atoms with E-state index >= 15 is 0 Å². The Morgan fingerprint density at radius 2 is 1.12 bits per heavy atom. The molecule has 0 atom stereocenters. The fourth-order valence-corrected chi connectivity index (χ4v) is 10.2. The summed E-state index contributed by atoms with van der Waals surface area (Å²) in [4.78, 5) is 7.42. The Kier molecular flexibility index (Phi) is 7.35. The molecular weight excluding hydrogens is 701 g/mol. The van der Waals surface area contributed by atoms with E-state index in [4.69, 9.17) is 4.42 Å². The van der Waals surface area contributed by atoms with Crippen LogP contribution < -0.4 is 31.1 Å². The second kappa shape index (κ2) is 12.5. The lowest BCUT2D eigenvalue weighted by atomic mass is 9.33. The van der Waals surface area contributed by atoms with E-state index < -0.39 is 0 Å². The predicted octanol–water partition coefficient (Wildman–Crippen LogP) is 12.5. The smallest absolute Gasteiger partial charge is 0.255 e. The maximum atomic E-state index is 6.16. The lowest BCUT2D eigenvalue weighted by molar-refractivity contribution is 0.590. The van der Waals surface area contributed by atoms with Crippen molar-refractivity contribution < 1.29 is 4.42 Å². The molecule has 9 aromatic rings. The Labute approximate surface area is 331 Å². The van der Waals surface area contributed by atoms with E-state index in [0.29, 0.717) is 0 Å². The molecule has 6 heteroatoms. The number of hydrogen-bond donors (Lipinski definition) is 0. The van der Waals surface area contributed by atoms with Crippen molar-refractivity contribution >= 4 is 106 Å². The van der Waals surface area contributed by atoms with Crippen molar-refractivity contribution in [1.82, 2.24) is 0 Å². The van der Waals surface area contributed by atoms with Crippen molar-refractivity contribution in [1.29, 1.82) is 0 Å². The van der Waals surface area contributed by atoms with Gasteiger partial charge in [-0.1, -0.05) is 106 Å². The molecule has 0 saturated heterocycles. The van der Waals surface area contributed by atoms with Crippen molar-refractivity contribution in [2.24, 2.45) is 0 Å². The summed E-state index contributed by atoms with van der Waals surface area (Å²) in [6.07, 6.45) is 1.84. The molecular formula is C50H38BN3OS. The molecule has 0 bridgehead atoms. The molecule has 11 rings (SSSR count). The van der Waals surface area contributed by atoms with Gasteiger partial charge in [-0.05, 0) is 118 Å². The molecule has 4 nitrogen and oxygen atoms in total. The summed E-state index contributed by atoms with van der Waals surface area (Å²) in [5.74, 6) is 0. The monoisotopic (exact) mass is 739 g/mol. The Morgan fingerprint density at radius 1 is 0.518 bits per heavy atom. The fourth-order valence-electron chi connectivity index (χ4n) is 8.95. The molecule has 2 aliphatic rings. The number of thiophene rings is 1. The molecule has 268 valence electrons. The van der Waals surface area contributed by atoms with Gasteiger partial charge in [-0.2, -0.15) is 0 Å². The minimum atomic E-state index is -0.0385. The predicted molar refractivity (Wildman–Crippen MR) is 239 cm³/mol. The van der Waals surface area contributed by atoms with Gasteiger partial charge in [-0.25, -0.2) is 0 Å². The lowest BCUT2D eigenvalue weighted by Gasteiger charge is -2.44. The molecule has 0 unspecified atom stereocenters. The molecule has 2 aromatic heterocycles. The number of rotatable bonds is 5. The number of nitrogens with zero attached hydrogens (tertiary/aromatic N) is 3. The summed E-state index contributed by atoms with van der Waals surface area (Å²) in [5.41, 5.74) is 15.2. The molecule has 0 radical (unpaired) electrons. The summed E-state index contributed by atoms with van der Waals surface area (Å²) in [7, 11) is 0. The van der Waals surface area contributed by atoms with Crippen LogP contribution in [-0.4, -0.2) is 6.71 Å². The second-order valence-corrected chi connectivity index (χ2v) is 16.8. The van der Waals surface area contributed by atoms with Gasteiger partial charge in [-0.15, -0.1) is 11.3 Å². The zero-order valence-corrected chi connectivity index (χ0v) is 32.3. The van der Waals surface area contributed by atoms with Gasteiger partial charge in [0, 0.05) is 49.9 Å². The van der Waals surface area contributed by atoms with E-state index in [0.717, 1.165) is 45.1 Å². The number of benzene rings is 7. The van der Waals surface area contributed by atoms with E-state index in [9.17, 15) is 0 Å². The maximum absolute atomic E-state index is 6.16. The van der Waals surface area contributed by atoms with Crippen LogP contribution in [-0.2, 0) is 5.41 Å². The first-order valence-corrected chi connectivity index (χ1v) is 20.1. The lowest BCUT2D eigenvalue weighted by Crippen LogP contribution is -2.61. The molecule has 0 N–H and O–H groups in total. The van der Waals surface area contributed by atoms with Crippen LogP contribution in [0.15, 0.2) is 181 Å². The third-order valence-electron chi connectivity index (χ3n) is 11.5. The van der Waals surface area contributed by atoms with Crippen LogP contribution in [0, 0.1) is 0 Å². The van der Waals surface area contributed by atoms with E-state index in [1.807, 2.05) is 17.6 Å². The van der Waals surface area contributed by atoms with Crippen LogP contribution in [0.25, 0.3) is 21.1 Å². The van der Waals surface area contributed by atoms with Crippen molar-refractivity contribution in [3.8, 4) is 0 Å². The summed E-state index contributed by atoms with van der Waals surface area (Å²) in [6.45, 7) is 6.81. The third-order valence-corrected chi connectivity index (χ3v) is 12.6. The quantitative estimate of drug-likeness (QED) is 0.164. The Hall–Kier alpha value is -6.50. The van der Waals surface area contributed by atoms with Crippen molar-refractivity contribution in [2.45, 2.75) is 26.2 Å². The van der Waals surface area contributed by atoms with Crippen LogP contribution in [0.1, 0.15) is 26.3 Å².